The van der Waals surface area contributed by atoms with Gasteiger partial charge in [0.1, 0.15) is 0 Å². The third-order valence-corrected chi connectivity index (χ3v) is 6.46. The van der Waals surface area contributed by atoms with E-state index in [0.717, 1.165) is 20.8 Å². The number of amides is 1. The SMILES string of the molecule is CN(C)S(=O)(=O)c1ccc(Cl)c(C(=O)NCCc2c[nH]c3ccccc23)c1. The van der Waals surface area contributed by atoms with Crippen LogP contribution in [0.15, 0.2) is 53.6 Å². The minimum atomic E-state index is -3.64. The zero-order valence-corrected chi connectivity index (χ0v) is 16.6. The summed E-state index contributed by atoms with van der Waals surface area (Å²) in [6.07, 6.45) is 2.57. The lowest BCUT2D eigenvalue weighted by molar-refractivity contribution is 0.0954. The molecule has 0 unspecified atom stereocenters. The Balaban J connectivity index is 1.73. The summed E-state index contributed by atoms with van der Waals surface area (Å²) in [5.41, 5.74) is 2.28. The Kier molecular flexibility index (Phi) is 5.55. The lowest BCUT2D eigenvalue weighted by Gasteiger charge is -2.13. The standard InChI is InChI=1S/C19H20ClN3O3S/c1-23(2)27(25,26)14-7-8-17(20)16(11-14)19(24)21-10-9-13-12-22-18-6-4-3-5-15(13)18/h3-8,11-12,22H,9-10H2,1-2H3,(H,21,24). The van der Waals surface area contributed by atoms with E-state index in [1.54, 1.807) is 0 Å². The molecule has 0 bridgehead atoms. The Morgan fingerprint density at radius 3 is 2.67 bits per heavy atom. The maximum absolute atomic E-state index is 12.5. The highest BCUT2D eigenvalue weighted by molar-refractivity contribution is 7.89. The minimum Gasteiger partial charge on any atom is -0.361 e. The number of hydrogen-bond acceptors (Lipinski definition) is 3. The van der Waals surface area contributed by atoms with Crippen LogP contribution in [0.4, 0.5) is 0 Å². The van der Waals surface area contributed by atoms with Gasteiger partial charge in [0.2, 0.25) is 10.0 Å². The largest absolute Gasteiger partial charge is 0.361 e. The molecule has 2 aromatic carbocycles. The second-order valence-electron chi connectivity index (χ2n) is 6.29. The first-order valence-corrected chi connectivity index (χ1v) is 10.2. The van der Waals surface area contributed by atoms with Crippen LogP contribution in [0.1, 0.15) is 15.9 Å². The van der Waals surface area contributed by atoms with Crippen LogP contribution in [0.25, 0.3) is 10.9 Å². The van der Waals surface area contributed by atoms with E-state index >= 15 is 0 Å². The van der Waals surface area contributed by atoms with Crippen LogP contribution in [0.2, 0.25) is 5.02 Å². The van der Waals surface area contributed by atoms with Gasteiger partial charge in [-0.15, -0.1) is 0 Å². The van der Waals surface area contributed by atoms with Crippen molar-refractivity contribution in [3.8, 4) is 0 Å². The van der Waals surface area contributed by atoms with Gasteiger partial charge in [0.15, 0.2) is 0 Å². The number of aromatic nitrogens is 1. The third kappa shape index (κ3) is 4.00. The van der Waals surface area contributed by atoms with Gasteiger partial charge in [-0.05, 0) is 36.2 Å². The van der Waals surface area contributed by atoms with Gasteiger partial charge in [-0.3, -0.25) is 4.79 Å². The van der Waals surface area contributed by atoms with Crippen molar-refractivity contribution in [2.45, 2.75) is 11.3 Å². The van der Waals surface area contributed by atoms with Crippen molar-refractivity contribution in [2.75, 3.05) is 20.6 Å². The molecule has 0 aliphatic carbocycles. The van der Waals surface area contributed by atoms with Crippen molar-refractivity contribution in [3.63, 3.8) is 0 Å². The molecule has 2 N–H and O–H groups in total. The lowest BCUT2D eigenvalue weighted by Crippen LogP contribution is -2.27. The molecule has 0 atom stereocenters. The number of carbonyl (C=O) groups is 1. The van der Waals surface area contributed by atoms with Crippen LogP contribution in [-0.2, 0) is 16.4 Å². The van der Waals surface area contributed by atoms with Gasteiger partial charge in [-0.2, -0.15) is 0 Å². The van der Waals surface area contributed by atoms with E-state index in [1.165, 1.54) is 32.3 Å². The minimum absolute atomic E-state index is 0.0266. The number of nitrogens with zero attached hydrogens (tertiary/aromatic N) is 1. The number of rotatable bonds is 6. The topological polar surface area (TPSA) is 82.3 Å². The molecule has 0 aliphatic rings. The fourth-order valence-electron chi connectivity index (χ4n) is 2.79. The van der Waals surface area contributed by atoms with Gasteiger partial charge >= 0.3 is 0 Å². The van der Waals surface area contributed by atoms with E-state index in [4.69, 9.17) is 11.6 Å². The number of fused-ring (bicyclic) bond motifs is 1. The van der Waals surface area contributed by atoms with Crippen LogP contribution in [0, 0.1) is 0 Å². The van der Waals surface area contributed by atoms with E-state index in [9.17, 15) is 13.2 Å². The first-order chi connectivity index (χ1) is 12.8. The summed E-state index contributed by atoms with van der Waals surface area (Å²) >= 11 is 6.10. The number of benzene rings is 2. The number of nitrogens with one attached hydrogen (secondary N) is 2. The Labute approximate surface area is 163 Å². The normalized spacial score (nSPS) is 11.9. The molecule has 0 radical (unpaired) electrons. The van der Waals surface area contributed by atoms with Crippen molar-refractivity contribution < 1.29 is 13.2 Å². The van der Waals surface area contributed by atoms with Gasteiger partial charge in [0.25, 0.3) is 5.91 Å². The van der Waals surface area contributed by atoms with Crippen molar-refractivity contribution in [3.05, 3.63) is 64.8 Å². The van der Waals surface area contributed by atoms with Crippen molar-refractivity contribution >= 4 is 38.4 Å². The van der Waals surface area contributed by atoms with E-state index in [0.29, 0.717) is 13.0 Å². The monoisotopic (exact) mass is 405 g/mol. The summed E-state index contributed by atoms with van der Waals surface area (Å²) in [5.74, 6) is -0.407. The Morgan fingerprint density at radius 1 is 1.19 bits per heavy atom. The number of aromatic amines is 1. The van der Waals surface area contributed by atoms with E-state index in [2.05, 4.69) is 10.3 Å². The molecule has 0 aliphatic heterocycles. The summed E-state index contributed by atoms with van der Waals surface area (Å²) in [5, 5.41) is 4.13. The molecule has 142 valence electrons. The van der Waals surface area contributed by atoms with Crippen LogP contribution >= 0.6 is 11.6 Å². The zero-order valence-electron chi connectivity index (χ0n) is 15.0. The van der Waals surface area contributed by atoms with Gasteiger partial charge in [-0.1, -0.05) is 29.8 Å². The summed E-state index contributed by atoms with van der Waals surface area (Å²) < 4.78 is 25.6. The van der Waals surface area contributed by atoms with Gasteiger partial charge < -0.3 is 10.3 Å². The average molecular weight is 406 g/mol. The van der Waals surface area contributed by atoms with Gasteiger partial charge in [0, 0.05) is 37.7 Å². The first kappa shape index (κ1) is 19.4. The molecule has 0 spiro atoms. The van der Waals surface area contributed by atoms with Crippen LogP contribution < -0.4 is 5.32 Å². The first-order valence-electron chi connectivity index (χ1n) is 8.36. The highest BCUT2D eigenvalue weighted by Crippen LogP contribution is 2.22. The summed E-state index contributed by atoms with van der Waals surface area (Å²) in [4.78, 5) is 15.7. The average Bonchev–Trinajstić information content (AvgIpc) is 3.05. The van der Waals surface area contributed by atoms with Crippen molar-refractivity contribution in [2.24, 2.45) is 0 Å². The number of para-hydroxylation sites is 1. The van der Waals surface area contributed by atoms with Crippen LogP contribution in [0.5, 0.6) is 0 Å². The molecular weight excluding hydrogens is 386 g/mol. The molecule has 0 saturated carbocycles. The highest BCUT2D eigenvalue weighted by Gasteiger charge is 2.20. The molecule has 8 heteroatoms. The fraction of sp³-hybridized carbons (Fsp3) is 0.211. The predicted molar refractivity (Wildman–Crippen MR) is 107 cm³/mol. The molecule has 27 heavy (non-hydrogen) atoms. The number of hydrogen-bond donors (Lipinski definition) is 2. The fourth-order valence-corrected chi connectivity index (χ4v) is 3.93. The Morgan fingerprint density at radius 2 is 1.93 bits per heavy atom. The molecule has 3 aromatic rings. The molecular formula is C19H20ClN3O3S. The molecule has 0 saturated heterocycles. The van der Waals surface area contributed by atoms with Gasteiger partial charge in [0.05, 0.1) is 15.5 Å². The molecule has 0 fully saturated rings. The molecule has 6 nitrogen and oxygen atoms in total. The third-order valence-electron chi connectivity index (χ3n) is 4.32. The molecule has 1 amide bonds. The molecule has 1 aromatic heterocycles. The molecule has 3 rings (SSSR count). The second-order valence-corrected chi connectivity index (χ2v) is 8.85. The van der Waals surface area contributed by atoms with E-state index in [-0.39, 0.29) is 15.5 Å². The number of H-pyrrole nitrogens is 1. The number of sulfonamides is 1. The molecule has 1 heterocycles. The maximum atomic E-state index is 12.5. The van der Waals surface area contributed by atoms with Crippen LogP contribution in [-0.4, -0.2) is 44.3 Å². The van der Waals surface area contributed by atoms with E-state index in [1.807, 2.05) is 30.5 Å². The lowest BCUT2D eigenvalue weighted by atomic mass is 10.1. The highest BCUT2D eigenvalue weighted by atomic mass is 35.5. The summed E-state index contributed by atoms with van der Waals surface area (Å²) in [7, 11) is -0.769. The zero-order chi connectivity index (χ0) is 19.6. The van der Waals surface area contributed by atoms with Crippen molar-refractivity contribution in [1.29, 1.82) is 0 Å². The van der Waals surface area contributed by atoms with Gasteiger partial charge in [-0.25, -0.2) is 12.7 Å². The summed E-state index contributed by atoms with van der Waals surface area (Å²) in [6, 6.07) is 12.1. The number of carbonyl (C=O) groups excluding carboxylic acids is 1. The Bertz CT molecular complexity index is 1090. The Hall–Kier alpha value is -2.35. The second kappa shape index (κ2) is 7.72. The quantitative estimate of drug-likeness (QED) is 0.661. The smallest absolute Gasteiger partial charge is 0.252 e. The van der Waals surface area contributed by atoms with Crippen LogP contribution in [0.3, 0.4) is 0 Å². The predicted octanol–water partition coefficient (Wildman–Crippen LogP) is 3.04. The van der Waals surface area contributed by atoms with Crippen molar-refractivity contribution in [1.82, 2.24) is 14.6 Å². The summed E-state index contributed by atoms with van der Waals surface area (Å²) in [6.45, 7) is 0.404. The van der Waals surface area contributed by atoms with E-state index < -0.39 is 15.9 Å². The maximum Gasteiger partial charge on any atom is 0.252 e. The number of halogens is 1.